The number of hydrogen-bond acceptors (Lipinski definition) is 3. The Morgan fingerprint density at radius 1 is 1.24 bits per heavy atom. The number of nitrogen functional groups attached to an aromatic ring is 1. The Morgan fingerprint density at radius 3 is 2.86 bits per heavy atom. The number of rotatable bonds is 4. The standard InChI is InChI=1S/C16H16ClN3O/c1-2-20-15-8-11(17)6-7-14(15)19-16(20)10-21-13-5-3-4-12(18)9-13/h3-9H,2,10,18H2,1H3. The van der Waals surface area contributed by atoms with E-state index in [9.17, 15) is 0 Å². The number of benzene rings is 2. The van der Waals surface area contributed by atoms with Crippen LogP contribution < -0.4 is 10.5 Å². The molecule has 0 aliphatic heterocycles. The first-order valence-corrected chi connectivity index (χ1v) is 7.18. The Hall–Kier alpha value is -2.20. The number of anilines is 1. The van der Waals surface area contributed by atoms with Gasteiger partial charge in [0, 0.05) is 23.3 Å². The van der Waals surface area contributed by atoms with Gasteiger partial charge < -0.3 is 15.0 Å². The third-order valence-electron chi connectivity index (χ3n) is 3.33. The highest BCUT2D eigenvalue weighted by Crippen LogP contribution is 2.22. The number of aryl methyl sites for hydroxylation is 1. The molecule has 0 amide bonds. The van der Waals surface area contributed by atoms with Crippen LogP contribution in [0, 0.1) is 0 Å². The predicted octanol–water partition coefficient (Wildman–Crippen LogP) is 3.87. The smallest absolute Gasteiger partial charge is 0.147 e. The van der Waals surface area contributed by atoms with E-state index in [0.29, 0.717) is 17.3 Å². The van der Waals surface area contributed by atoms with Crippen molar-refractivity contribution in [1.29, 1.82) is 0 Å². The lowest BCUT2D eigenvalue weighted by atomic mass is 10.3. The van der Waals surface area contributed by atoms with E-state index >= 15 is 0 Å². The van der Waals surface area contributed by atoms with E-state index in [2.05, 4.69) is 16.5 Å². The fourth-order valence-corrected chi connectivity index (χ4v) is 2.53. The number of ether oxygens (including phenoxy) is 1. The van der Waals surface area contributed by atoms with E-state index in [4.69, 9.17) is 22.1 Å². The molecule has 108 valence electrons. The monoisotopic (exact) mass is 301 g/mol. The van der Waals surface area contributed by atoms with Crippen LogP contribution in [0.25, 0.3) is 11.0 Å². The summed E-state index contributed by atoms with van der Waals surface area (Å²) in [5, 5.41) is 0.709. The van der Waals surface area contributed by atoms with Crippen molar-refractivity contribution in [3.8, 4) is 5.75 Å². The van der Waals surface area contributed by atoms with Gasteiger partial charge in [-0.2, -0.15) is 0 Å². The van der Waals surface area contributed by atoms with Gasteiger partial charge in [-0.1, -0.05) is 17.7 Å². The van der Waals surface area contributed by atoms with Crippen LogP contribution in [0.2, 0.25) is 5.02 Å². The molecular formula is C16H16ClN3O. The molecule has 21 heavy (non-hydrogen) atoms. The number of halogens is 1. The molecule has 0 aliphatic rings. The van der Waals surface area contributed by atoms with Crippen molar-refractivity contribution in [3.63, 3.8) is 0 Å². The second-order valence-corrected chi connectivity index (χ2v) is 5.20. The molecule has 2 aromatic carbocycles. The van der Waals surface area contributed by atoms with Gasteiger partial charge in [-0.05, 0) is 37.3 Å². The van der Waals surface area contributed by atoms with Crippen molar-refractivity contribution >= 4 is 28.3 Å². The Kier molecular flexibility index (Phi) is 3.71. The predicted molar refractivity (Wildman–Crippen MR) is 85.6 cm³/mol. The summed E-state index contributed by atoms with van der Waals surface area (Å²) in [7, 11) is 0. The molecule has 4 nitrogen and oxygen atoms in total. The largest absolute Gasteiger partial charge is 0.486 e. The van der Waals surface area contributed by atoms with Crippen molar-refractivity contribution < 1.29 is 4.74 Å². The number of imidazole rings is 1. The van der Waals surface area contributed by atoms with Crippen molar-refractivity contribution in [3.05, 3.63) is 53.3 Å². The van der Waals surface area contributed by atoms with Crippen LogP contribution in [0.4, 0.5) is 5.69 Å². The molecule has 0 bridgehead atoms. The molecule has 0 saturated heterocycles. The number of aromatic nitrogens is 2. The van der Waals surface area contributed by atoms with Gasteiger partial charge >= 0.3 is 0 Å². The average molecular weight is 302 g/mol. The molecule has 5 heteroatoms. The van der Waals surface area contributed by atoms with Crippen molar-refractivity contribution in [2.24, 2.45) is 0 Å². The Bertz CT molecular complexity index is 782. The van der Waals surface area contributed by atoms with Crippen LogP contribution in [-0.2, 0) is 13.2 Å². The molecule has 0 unspecified atom stereocenters. The van der Waals surface area contributed by atoms with Gasteiger partial charge in [-0.25, -0.2) is 4.98 Å². The topological polar surface area (TPSA) is 53.1 Å². The summed E-state index contributed by atoms with van der Waals surface area (Å²) in [5.74, 6) is 1.61. The summed E-state index contributed by atoms with van der Waals surface area (Å²) in [6.45, 7) is 3.28. The number of nitrogens with two attached hydrogens (primary N) is 1. The summed E-state index contributed by atoms with van der Waals surface area (Å²) in [5.41, 5.74) is 8.38. The van der Waals surface area contributed by atoms with Crippen LogP contribution in [0.5, 0.6) is 5.75 Å². The summed E-state index contributed by atoms with van der Waals surface area (Å²) < 4.78 is 7.88. The number of nitrogens with zero attached hydrogens (tertiary/aromatic N) is 2. The first-order chi connectivity index (χ1) is 10.2. The summed E-state index contributed by atoms with van der Waals surface area (Å²) in [6.07, 6.45) is 0. The molecule has 1 aromatic heterocycles. The maximum atomic E-state index is 6.06. The number of fused-ring (bicyclic) bond motifs is 1. The Balaban J connectivity index is 1.90. The fourth-order valence-electron chi connectivity index (χ4n) is 2.36. The third-order valence-corrected chi connectivity index (χ3v) is 3.57. The molecule has 3 aromatic rings. The van der Waals surface area contributed by atoms with Gasteiger partial charge in [0.2, 0.25) is 0 Å². The Morgan fingerprint density at radius 2 is 2.10 bits per heavy atom. The number of hydrogen-bond donors (Lipinski definition) is 1. The van der Waals surface area contributed by atoms with Crippen LogP contribution >= 0.6 is 11.6 Å². The van der Waals surface area contributed by atoms with E-state index in [1.54, 1.807) is 6.07 Å². The second kappa shape index (κ2) is 5.66. The molecule has 3 rings (SSSR count). The van der Waals surface area contributed by atoms with E-state index in [1.807, 2.05) is 36.4 Å². The zero-order valence-corrected chi connectivity index (χ0v) is 12.5. The first kappa shape index (κ1) is 13.8. The molecule has 1 heterocycles. The van der Waals surface area contributed by atoms with Gasteiger partial charge in [0.05, 0.1) is 11.0 Å². The van der Waals surface area contributed by atoms with Gasteiger partial charge in [0.15, 0.2) is 0 Å². The van der Waals surface area contributed by atoms with E-state index in [0.717, 1.165) is 29.2 Å². The van der Waals surface area contributed by atoms with Crippen molar-refractivity contribution in [2.75, 3.05) is 5.73 Å². The van der Waals surface area contributed by atoms with Crippen LogP contribution in [0.1, 0.15) is 12.7 Å². The van der Waals surface area contributed by atoms with E-state index < -0.39 is 0 Å². The van der Waals surface area contributed by atoms with Crippen LogP contribution in [0.3, 0.4) is 0 Å². The average Bonchev–Trinajstić information content (AvgIpc) is 2.82. The molecule has 0 atom stereocenters. The minimum atomic E-state index is 0.392. The third kappa shape index (κ3) is 2.81. The van der Waals surface area contributed by atoms with Crippen molar-refractivity contribution in [2.45, 2.75) is 20.1 Å². The van der Waals surface area contributed by atoms with Gasteiger partial charge in [0.1, 0.15) is 18.2 Å². The summed E-state index contributed by atoms with van der Waals surface area (Å²) >= 11 is 6.06. The maximum absolute atomic E-state index is 6.06. The molecule has 0 fully saturated rings. The molecule has 0 radical (unpaired) electrons. The highest BCUT2D eigenvalue weighted by molar-refractivity contribution is 6.31. The maximum Gasteiger partial charge on any atom is 0.147 e. The quantitative estimate of drug-likeness (QED) is 0.744. The second-order valence-electron chi connectivity index (χ2n) is 4.77. The lowest BCUT2D eigenvalue weighted by Crippen LogP contribution is -2.06. The zero-order valence-electron chi connectivity index (χ0n) is 11.7. The lowest BCUT2D eigenvalue weighted by Gasteiger charge is -2.08. The zero-order chi connectivity index (χ0) is 14.8. The molecule has 2 N–H and O–H groups in total. The molecule has 0 aliphatic carbocycles. The van der Waals surface area contributed by atoms with Crippen molar-refractivity contribution in [1.82, 2.24) is 9.55 Å². The summed E-state index contributed by atoms with van der Waals surface area (Å²) in [6, 6.07) is 13.1. The summed E-state index contributed by atoms with van der Waals surface area (Å²) in [4.78, 5) is 4.61. The highest BCUT2D eigenvalue weighted by Gasteiger charge is 2.10. The molecular weight excluding hydrogens is 286 g/mol. The SMILES string of the molecule is CCn1c(COc2cccc(N)c2)nc2ccc(Cl)cc21. The van der Waals surface area contributed by atoms with Crippen LogP contribution in [0.15, 0.2) is 42.5 Å². The fraction of sp³-hybridized carbons (Fsp3) is 0.188. The van der Waals surface area contributed by atoms with Gasteiger partial charge in [-0.3, -0.25) is 0 Å². The van der Waals surface area contributed by atoms with Crippen LogP contribution in [-0.4, -0.2) is 9.55 Å². The Labute approximate surface area is 128 Å². The lowest BCUT2D eigenvalue weighted by molar-refractivity contribution is 0.291. The highest BCUT2D eigenvalue weighted by atomic mass is 35.5. The van der Waals surface area contributed by atoms with E-state index in [1.165, 1.54) is 0 Å². The van der Waals surface area contributed by atoms with Gasteiger partial charge in [0.25, 0.3) is 0 Å². The molecule has 0 saturated carbocycles. The minimum Gasteiger partial charge on any atom is -0.486 e. The minimum absolute atomic E-state index is 0.392. The first-order valence-electron chi connectivity index (χ1n) is 6.80. The molecule has 0 spiro atoms. The van der Waals surface area contributed by atoms with Gasteiger partial charge in [-0.15, -0.1) is 0 Å². The van der Waals surface area contributed by atoms with E-state index in [-0.39, 0.29) is 0 Å². The normalized spacial score (nSPS) is 11.0.